The molecular formula is C32H59N7O15S. The van der Waals surface area contributed by atoms with Gasteiger partial charge in [0.1, 0.15) is 0 Å². The number of unbranched alkanes of at least 4 members (excludes halogenated alkanes) is 1. The Morgan fingerprint density at radius 1 is 0.509 bits per heavy atom. The van der Waals surface area contributed by atoms with Crippen LogP contribution in [-0.2, 0) is 52.5 Å². The number of nitrogens with one attached hydrogen (secondary N) is 3. The molecule has 318 valence electrons. The summed E-state index contributed by atoms with van der Waals surface area (Å²) in [5.41, 5.74) is 0. The van der Waals surface area contributed by atoms with Gasteiger partial charge < -0.3 is 34.9 Å². The van der Waals surface area contributed by atoms with Gasteiger partial charge in [-0.15, -0.1) is 11.8 Å². The number of hydrogen-bond acceptors (Lipinski definition) is 16. The number of hydroxylamine groups is 8. The Morgan fingerprint density at radius 2 is 0.927 bits per heavy atom. The molecule has 0 aromatic carbocycles. The molecule has 0 aliphatic carbocycles. The fourth-order valence-electron chi connectivity index (χ4n) is 3.81. The van der Waals surface area contributed by atoms with E-state index in [1.165, 1.54) is 6.92 Å². The van der Waals surface area contributed by atoms with Crippen molar-refractivity contribution in [2.75, 3.05) is 104 Å². The zero-order chi connectivity index (χ0) is 41.3. The zero-order valence-corrected chi connectivity index (χ0v) is 32.6. The fraction of sp³-hybridized carbons (Fsp3) is 0.781. The highest BCUT2D eigenvalue weighted by molar-refractivity contribution is 7.99. The van der Waals surface area contributed by atoms with Crippen LogP contribution in [-0.4, -0.2) is 186 Å². The molecule has 23 heteroatoms. The first kappa shape index (κ1) is 51.3. The van der Waals surface area contributed by atoms with E-state index in [0.29, 0.717) is 26.9 Å². The number of rotatable bonds is 34. The van der Waals surface area contributed by atoms with Crippen LogP contribution in [0.2, 0.25) is 0 Å². The molecule has 0 saturated carbocycles. The maximum absolute atomic E-state index is 12.1. The molecule has 0 aliphatic heterocycles. The van der Waals surface area contributed by atoms with Crippen molar-refractivity contribution in [1.29, 1.82) is 0 Å². The molecule has 7 amide bonds. The second kappa shape index (κ2) is 33.6. The van der Waals surface area contributed by atoms with Crippen LogP contribution in [0.1, 0.15) is 58.8 Å². The van der Waals surface area contributed by atoms with Crippen molar-refractivity contribution >= 4 is 53.1 Å². The van der Waals surface area contributed by atoms with E-state index in [9.17, 15) is 54.4 Å². The number of carbonyl (C=O) groups is 7. The summed E-state index contributed by atoms with van der Waals surface area (Å²) in [5, 5.41) is 48.2. The summed E-state index contributed by atoms with van der Waals surface area (Å²) in [6.07, 6.45) is 1.05. The second-order valence-electron chi connectivity index (χ2n) is 11.5. The highest BCUT2D eigenvalue weighted by Crippen LogP contribution is 2.04. The standard InChI is InChI=1S/C32H59N7O15S/c1-3-4-16-51-17-9-32(46)39(50)25-55-24-29(43)35-12-20-54-23-15-38(49)31(45)8-6-28(42)34-11-19-53-22-14-37(48)30(44)7-5-27(41)33-10-18-52-21-13-36(47)26(2)40/h47-50H,3-25H2,1-2H3,(H,33,41)(H,34,42)(H,35,43). The number of nitrogens with zero attached hydrogens (tertiary/aromatic N) is 4. The van der Waals surface area contributed by atoms with Crippen molar-refractivity contribution in [2.24, 2.45) is 0 Å². The molecule has 7 N–H and O–H groups in total. The highest BCUT2D eigenvalue weighted by Gasteiger charge is 2.15. The SMILES string of the molecule is CCCCOCCC(=O)N(O)CSCC(=O)NCCOCCN(O)C(=O)CCC(=O)NCCOCCN(O)C(=O)CCC(=O)NCCOCCN(O)C(C)=O. The van der Waals surface area contributed by atoms with E-state index in [4.69, 9.17) is 18.9 Å². The summed E-state index contributed by atoms with van der Waals surface area (Å²) in [5.74, 6) is -3.70. The average Bonchev–Trinajstić information content (AvgIpc) is 3.16. The van der Waals surface area contributed by atoms with Crippen LogP contribution in [0.5, 0.6) is 0 Å². The van der Waals surface area contributed by atoms with Crippen LogP contribution in [0.4, 0.5) is 0 Å². The summed E-state index contributed by atoms with van der Waals surface area (Å²) in [6, 6.07) is 0. The number of carbonyl (C=O) groups excluding carboxylic acids is 7. The van der Waals surface area contributed by atoms with Gasteiger partial charge in [-0.2, -0.15) is 0 Å². The Balaban J connectivity index is 3.80. The van der Waals surface area contributed by atoms with Gasteiger partial charge in [-0.1, -0.05) is 13.3 Å². The molecule has 0 rings (SSSR count). The lowest BCUT2D eigenvalue weighted by molar-refractivity contribution is -0.168. The summed E-state index contributed by atoms with van der Waals surface area (Å²) < 4.78 is 21.0. The van der Waals surface area contributed by atoms with Gasteiger partial charge in [0.15, 0.2) is 0 Å². The maximum Gasteiger partial charge on any atom is 0.249 e. The van der Waals surface area contributed by atoms with E-state index in [1.807, 2.05) is 6.92 Å². The average molecular weight is 814 g/mol. The lowest BCUT2D eigenvalue weighted by atomic mass is 10.2. The van der Waals surface area contributed by atoms with Gasteiger partial charge in [-0.05, 0) is 6.42 Å². The van der Waals surface area contributed by atoms with Crippen molar-refractivity contribution in [2.45, 2.75) is 58.8 Å². The molecule has 55 heavy (non-hydrogen) atoms. The van der Waals surface area contributed by atoms with Crippen molar-refractivity contribution in [3.05, 3.63) is 0 Å². The Hall–Kier alpha value is -3.68. The predicted molar refractivity (Wildman–Crippen MR) is 192 cm³/mol. The lowest BCUT2D eigenvalue weighted by Crippen LogP contribution is -2.34. The summed E-state index contributed by atoms with van der Waals surface area (Å²) in [6.45, 7) is 4.35. The lowest BCUT2D eigenvalue weighted by Gasteiger charge is -2.16. The van der Waals surface area contributed by atoms with Crippen molar-refractivity contribution < 1.29 is 73.3 Å². The molecule has 22 nitrogen and oxygen atoms in total. The van der Waals surface area contributed by atoms with Gasteiger partial charge in [0.2, 0.25) is 41.4 Å². The van der Waals surface area contributed by atoms with Crippen molar-refractivity contribution in [3.8, 4) is 0 Å². The molecular weight excluding hydrogens is 754 g/mol. The summed E-state index contributed by atoms with van der Waals surface area (Å²) in [7, 11) is 0. The van der Waals surface area contributed by atoms with Crippen LogP contribution >= 0.6 is 11.8 Å². The molecule has 0 bridgehead atoms. The third-order valence-corrected chi connectivity index (χ3v) is 7.85. The van der Waals surface area contributed by atoms with Crippen molar-refractivity contribution in [3.63, 3.8) is 0 Å². The zero-order valence-electron chi connectivity index (χ0n) is 31.7. The third kappa shape index (κ3) is 30.3. The molecule has 0 aromatic rings. The normalized spacial score (nSPS) is 10.7. The van der Waals surface area contributed by atoms with Gasteiger partial charge in [-0.25, -0.2) is 20.3 Å². The van der Waals surface area contributed by atoms with Crippen molar-refractivity contribution in [1.82, 2.24) is 36.2 Å². The minimum absolute atomic E-state index is 0.00542. The third-order valence-electron chi connectivity index (χ3n) is 6.96. The number of thioether (sulfide) groups is 1. The number of amides is 7. The molecule has 0 aromatic heterocycles. The van der Waals surface area contributed by atoms with Crippen LogP contribution < -0.4 is 16.0 Å². The fourth-order valence-corrected chi connectivity index (χ4v) is 4.51. The van der Waals surface area contributed by atoms with Crippen LogP contribution in [0.25, 0.3) is 0 Å². The van der Waals surface area contributed by atoms with Gasteiger partial charge in [0.05, 0.1) is 83.9 Å². The predicted octanol–water partition coefficient (Wildman–Crippen LogP) is -1.27. The molecule has 0 unspecified atom stereocenters. The first-order chi connectivity index (χ1) is 26.3. The van der Waals surface area contributed by atoms with E-state index in [1.54, 1.807) is 0 Å². The monoisotopic (exact) mass is 813 g/mol. The Labute approximate surface area is 324 Å². The molecule has 0 atom stereocenters. The Kier molecular flexibility index (Phi) is 31.4. The quantitative estimate of drug-likeness (QED) is 0.0173. The molecule has 0 fully saturated rings. The molecule has 0 radical (unpaired) electrons. The van der Waals surface area contributed by atoms with E-state index in [0.717, 1.165) is 24.6 Å². The van der Waals surface area contributed by atoms with Crippen LogP contribution in [0.15, 0.2) is 0 Å². The number of ether oxygens (including phenoxy) is 4. The maximum atomic E-state index is 12.1. The Morgan fingerprint density at radius 3 is 1.38 bits per heavy atom. The van der Waals surface area contributed by atoms with Gasteiger partial charge in [-0.3, -0.25) is 54.4 Å². The van der Waals surface area contributed by atoms with Gasteiger partial charge in [0, 0.05) is 58.8 Å². The second-order valence-corrected chi connectivity index (χ2v) is 12.5. The van der Waals surface area contributed by atoms with Crippen LogP contribution in [0, 0.1) is 0 Å². The van der Waals surface area contributed by atoms with Gasteiger partial charge in [0.25, 0.3) is 0 Å². The first-order valence-electron chi connectivity index (χ1n) is 17.9. The summed E-state index contributed by atoms with van der Waals surface area (Å²) >= 11 is 1.05. The minimum Gasteiger partial charge on any atom is -0.381 e. The first-order valence-corrected chi connectivity index (χ1v) is 19.1. The topological polar surface area (TPSA) is 286 Å². The highest BCUT2D eigenvalue weighted by atomic mass is 32.2. The summed E-state index contributed by atoms with van der Waals surface area (Å²) in [4.78, 5) is 82.5. The van der Waals surface area contributed by atoms with E-state index >= 15 is 0 Å². The number of hydrogen-bond donors (Lipinski definition) is 7. The molecule has 0 heterocycles. The van der Waals surface area contributed by atoms with E-state index in [2.05, 4.69) is 16.0 Å². The van der Waals surface area contributed by atoms with E-state index in [-0.39, 0.29) is 135 Å². The molecule has 0 aliphatic rings. The Bertz CT molecular complexity index is 1140. The minimum atomic E-state index is -0.697. The smallest absolute Gasteiger partial charge is 0.249 e. The van der Waals surface area contributed by atoms with E-state index < -0.39 is 35.4 Å². The van der Waals surface area contributed by atoms with Crippen LogP contribution in [0.3, 0.4) is 0 Å². The molecule has 0 saturated heterocycles. The largest absolute Gasteiger partial charge is 0.381 e. The van der Waals surface area contributed by atoms with Gasteiger partial charge >= 0.3 is 0 Å². The molecule has 0 spiro atoms.